The molecule has 2 N–H and O–H groups in total. The van der Waals surface area contributed by atoms with Crippen LogP contribution in [0.25, 0.3) is 0 Å². The van der Waals surface area contributed by atoms with Crippen molar-refractivity contribution in [1.29, 1.82) is 0 Å². The maximum Gasteiger partial charge on any atom is 0.250 e. The van der Waals surface area contributed by atoms with Crippen molar-refractivity contribution in [3.63, 3.8) is 0 Å². The molecule has 108 valence electrons. The van der Waals surface area contributed by atoms with Gasteiger partial charge >= 0.3 is 0 Å². The first-order chi connectivity index (χ1) is 9.03. The Kier molecular flexibility index (Phi) is 5.00. The van der Waals surface area contributed by atoms with Gasteiger partial charge in [0, 0.05) is 13.1 Å². The van der Waals surface area contributed by atoms with Crippen molar-refractivity contribution in [3.05, 3.63) is 17.0 Å². The molecule has 1 aliphatic carbocycles. The van der Waals surface area contributed by atoms with E-state index in [1.807, 2.05) is 12.3 Å². The quantitative estimate of drug-likeness (QED) is 0.774. The molecule has 1 fully saturated rings. The van der Waals surface area contributed by atoms with E-state index >= 15 is 0 Å². The molecule has 0 radical (unpaired) electrons. The first-order valence-corrected chi connectivity index (χ1v) is 9.17. The molecular formula is C13H22N2O2S2. The first kappa shape index (κ1) is 15.0. The van der Waals surface area contributed by atoms with E-state index in [1.165, 1.54) is 24.2 Å². The van der Waals surface area contributed by atoms with Crippen molar-refractivity contribution in [1.82, 2.24) is 10.0 Å². The number of hydrogen-bond donors (Lipinski definition) is 2. The zero-order valence-corrected chi connectivity index (χ0v) is 13.1. The highest BCUT2D eigenvalue weighted by atomic mass is 32.2. The summed E-state index contributed by atoms with van der Waals surface area (Å²) in [6, 6.07) is 1.76. The molecule has 6 heteroatoms. The molecule has 1 heterocycles. The third kappa shape index (κ3) is 4.27. The van der Waals surface area contributed by atoms with E-state index in [0.29, 0.717) is 16.7 Å². The van der Waals surface area contributed by atoms with Crippen LogP contribution in [0.15, 0.2) is 15.7 Å². The predicted molar refractivity (Wildman–Crippen MR) is 78.8 cm³/mol. The van der Waals surface area contributed by atoms with Gasteiger partial charge in [0.1, 0.15) is 4.21 Å². The Morgan fingerprint density at radius 2 is 2.21 bits per heavy atom. The molecule has 0 aliphatic heterocycles. The fraction of sp³-hybridized carbons (Fsp3) is 0.692. The third-order valence-electron chi connectivity index (χ3n) is 3.50. The number of rotatable bonds is 8. The van der Waals surface area contributed by atoms with Crippen molar-refractivity contribution >= 4 is 21.4 Å². The van der Waals surface area contributed by atoms with Gasteiger partial charge in [-0.1, -0.05) is 13.8 Å². The largest absolute Gasteiger partial charge is 0.313 e. The Labute approximate surface area is 119 Å². The second kappa shape index (κ2) is 6.35. The number of hydrogen-bond acceptors (Lipinski definition) is 4. The molecule has 1 aromatic rings. The van der Waals surface area contributed by atoms with E-state index in [2.05, 4.69) is 17.0 Å². The number of thiophene rings is 1. The molecule has 1 saturated carbocycles. The fourth-order valence-corrected chi connectivity index (χ4v) is 4.40. The average Bonchev–Trinajstić information content (AvgIpc) is 3.12. The summed E-state index contributed by atoms with van der Waals surface area (Å²) >= 11 is 1.29. The van der Waals surface area contributed by atoms with Crippen molar-refractivity contribution in [3.8, 4) is 0 Å². The molecule has 1 atom stereocenters. The van der Waals surface area contributed by atoms with Crippen LogP contribution in [-0.2, 0) is 16.6 Å². The van der Waals surface area contributed by atoms with Gasteiger partial charge in [-0.05, 0) is 48.2 Å². The van der Waals surface area contributed by atoms with Crippen LogP contribution >= 0.6 is 11.3 Å². The number of sulfonamides is 1. The Balaban J connectivity index is 1.92. The van der Waals surface area contributed by atoms with Gasteiger partial charge < -0.3 is 5.32 Å². The SMILES string of the molecule is CCNCc1csc(S(=O)(=O)NCC(C)C2CC2)c1. The van der Waals surface area contributed by atoms with E-state index in [9.17, 15) is 8.42 Å². The van der Waals surface area contributed by atoms with Gasteiger partial charge in [0.25, 0.3) is 0 Å². The van der Waals surface area contributed by atoms with Gasteiger partial charge in [0.05, 0.1) is 0 Å². The molecular weight excluding hydrogens is 280 g/mol. The Morgan fingerprint density at radius 1 is 1.47 bits per heavy atom. The fourth-order valence-electron chi connectivity index (χ4n) is 2.00. The molecule has 2 rings (SSSR count). The lowest BCUT2D eigenvalue weighted by Crippen LogP contribution is -2.28. The molecule has 0 spiro atoms. The van der Waals surface area contributed by atoms with Gasteiger partial charge in [0.15, 0.2) is 0 Å². The summed E-state index contributed by atoms with van der Waals surface area (Å²) in [7, 11) is -3.32. The van der Waals surface area contributed by atoms with Crippen molar-refractivity contribution in [2.45, 2.75) is 37.4 Å². The van der Waals surface area contributed by atoms with Crippen molar-refractivity contribution < 1.29 is 8.42 Å². The van der Waals surface area contributed by atoms with Gasteiger partial charge in [-0.2, -0.15) is 0 Å². The molecule has 1 unspecified atom stereocenters. The van der Waals surface area contributed by atoms with Crippen LogP contribution in [0, 0.1) is 11.8 Å². The molecule has 19 heavy (non-hydrogen) atoms. The highest BCUT2D eigenvalue weighted by Crippen LogP contribution is 2.36. The summed E-state index contributed by atoms with van der Waals surface area (Å²) < 4.78 is 27.4. The highest BCUT2D eigenvalue weighted by molar-refractivity contribution is 7.91. The Hall–Kier alpha value is -0.430. The van der Waals surface area contributed by atoms with E-state index in [1.54, 1.807) is 6.07 Å². The second-order valence-electron chi connectivity index (χ2n) is 5.22. The number of nitrogens with one attached hydrogen (secondary N) is 2. The molecule has 1 aromatic heterocycles. The highest BCUT2D eigenvalue weighted by Gasteiger charge is 2.29. The standard InChI is InChI=1S/C13H22N2O2S2/c1-3-14-8-11-6-13(18-9-11)19(16,17)15-7-10(2)12-4-5-12/h6,9-10,12,14-15H,3-5,7-8H2,1-2H3. The minimum absolute atomic E-state index is 0.420. The lowest BCUT2D eigenvalue weighted by atomic mass is 10.1. The summed E-state index contributed by atoms with van der Waals surface area (Å²) in [5.74, 6) is 1.16. The first-order valence-electron chi connectivity index (χ1n) is 6.80. The maximum absolute atomic E-state index is 12.1. The van der Waals surface area contributed by atoms with E-state index in [-0.39, 0.29) is 0 Å². The zero-order valence-electron chi connectivity index (χ0n) is 11.5. The molecule has 0 amide bonds. The second-order valence-corrected chi connectivity index (χ2v) is 8.13. The summed E-state index contributed by atoms with van der Waals surface area (Å²) in [5, 5.41) is 5.10. The topological polar surface area (TPSA) is 58.2 Å². The van der Waals surface area contributed by atoms with Gasteiger partial charge in [0.2, 0.25) is 10.0 Å². The summed E-state index contributed by atoms with van der Waals surface area (Å²) in [4.78, 5) is 0. The summed E-state index contributed by atoms with van der Waals surface area (Å²) in [6.45, 7) is 6.31. The molecule has 4 nitrogen and oxygen atoms in total. The normalized spacial score (nSPS) is 17.6. The van der Waals surface area contributed by atoms with Crippen LogP contribution in [0.5, 0.6) is 0 Å². The minimum atomic E-state index is -3.32. The van der Waals surface area contributed by atoms with Gasteiger partial charge in [-0.3, -0.25) is 0 Å². The third-order valence-corrected chi connectivity index (χ3v) is 6.41. The van der Waals surface area contributed by atoms with Crippen LogP contribution in [-0.4, -0.2) is 21.5 Å². The molecule has 1 aliphatic rings. The lowest BCUT2D eigenvalue weighted by Gasteiger charge is -2.10. The van der Waals surface area contributed by atoms with E-state index in [4.69, 9.17) is 0 Å². The molecule has 0 aromatic carbocycles. The zero-order chi connectivity index (χ0) is 13.9. The Bertz CT molecular complexity index is 506. The van der Waals surface area contributed by atoms with Gasteiger partial charge in [-0.15, -0.1) is 11.3 Å². The predicted octanol–water partition coefficient (Wildman–Crippen LogP) is 2.18. The molecule has 0 bridgehead atoms. The van der Waals surface area contributed by atoms with Crippen molar-refractivity contribution in [2.75, 3.05) is 13.1 Å². The van der Waals surface area contributed by atoms with E-state index in [0.717, 1.165) is 24.6 Å². The van der Waals surface area contributed by atoms with Crippen LogP contribution in [0.4, 0.5) is 0 Å². The van der Waals surface area contributed by atoms with E-state index < -0.39 is 10.0 Å². The Morgan fingerprint density at radius 3 is 2.84 bits per heavy atom. The maximum atomic E-state index is 12.1. The van der Waals surface area contributed by atoms with Gasteiger partial charge in [-0.25, -0.2) is 13.1 Å². The van der Waals surface area contributed by atoms with Crippen molar-refractivity contribution in [2.24, 2.45) is 11.8 Å². The lowest BCUT2D eigenvalue weighted by molar-refractivity contribution is 0.492. The average molecular weight is 302 g/mol. The smallest absolute Gasteiger partial charge is 0.250 e. The van der Waals surface area contributed by atoms with Crippen LogP contribution in [0.1, 0.15) is 32.3 Å². The molecule has 0 saturated heterocycles. The minimum Gasteiger partial charge on any atom is -0.313 e. The van der Waals surface area contributed by atoms with Crippen LogP contribution in [0.2, 0.25) is 0 Å². The summed E-state index contributed by atoms with van der Waals surface area (Å²) in [6.07, 6.45) is 2.49. The summed E-state index contributed by atoms with van der Waals surface area (Å²) in [5.41, 5.74) is 1.03. The van der Waals surface area contributed by atoms with Crippen LogP contribution in [0.3, 0.4) is 0 Å². The van der Waals surface area contributed by atoms with Crippen LogP contribution < -0.4 is 10.0 Å². The monoisotopic (exact) mass is 302 g/mol.